The number of fused-ring (bicyclic) bond motifs is 1. The maximum atomic E-state index is 9.55. The Hall–Kier alpha value is -1.02. The highest BCUT2D eigenvalue weighted by Crippen LogP contribution is 2.26. The van der Waals surface area contributed by atoms with E-state index >= 15 is 0 Å². The Morgan fingerprint density at radius 3 is 2.73 bits per heavy atom. The molecule has 2 heteroatoms. The van der Waals surface area contributed by atoms with Crippen LogP contribution in [0.1, 0.15) is 31.4 Å². The van der Waals surface area contributed by atoms with Crippen molar-refractivity contribution < 1.29 is 9.84 Å². The second-order valence-corrected chi connectivity index (χ2v) is 4.89. The Labute approximate surface area is 90.9 Å². The fourth-order valence-corrected chi connectivity index (χ4v) is 1.90. The van der Waals surface area contributed by atoms with Crippen molar-refractivity contribution in [1.82, 2.24) is 0 Å². The summed E-state index contributed by atoms with van der Waals surface area (Å²) in [6, 6.07) is 6.24. The van der Waals surface area contributed by atoms with Crippen LogP contribution in [0.2, 0.25) is 0 Å². The molecule has 0 amide bonds. The number of ether oxygens (including phenoxy) is 1. The van der Waals surface area contributed by atoms with Gasteiger partial charge in [-0.3, -0.25) is 0 Å². The largest absolute Gasteiger partial charge is 0.491 e. The molecule has 1 aliphatic carbocycles. The Morgan fingerprint density at radius 1 is 1.27 bits per heavy atom. The molecule has 0 saturated heterocycles. The van der Waals surface area contributed by atoms with E-state index in [1.54, 1.807) is 13.8 Å². The van der Waals surface area contributed by atoms with Crippen LogP contribution in [0.3, 0.4) is 0 Å². The second kappa shape index (κ2) is 3.86. The molecule has 1 aliphatic rings. The molecule has 82 valence electrons. The predicted octanol–water partition coefficient (Wildman–Crippen LogP) is 2.33. The van der Waals surface area contributed by atoms with Crippen molar-refractivity contribution in [2.75, 3.05) is 6.61 Å². The number of hydrogen-bond acceptors (Lipinski definition) is 2. The van der Waals surface area contributed by atoms with Crippen molar-refractivity contribution in [1.29, 1.82) is 0 Å². The zero-order valence-electron chi connectivity index (χ0n) is 9.42. The molecule has 0 bridgehead atoms. The average Bonchev–Trinajstić information content (AvgIpc) is 2.60. The van der Waals surface area contributed by atoms with Crippen molar-refractivity contribution in [3.8, 4) is 5.75 Å². The van der Waals surface area contributed by atoms with Crippen LogP contribution in [0, 0.1) is 0 Å². The van der Waals surface area contributed by atoms with E-state index in [2.05, 4.69) is 12.1 Å². The number of aliphatic hydroxyl groups is 1. The highest BCUT2D eigenvalue weighted by molar-refractivity contribution is 5.38. The van der Waals surface area contributed by atoms with Gasteiger partial charge < -0.3 is 9.84 Å². The quantitative estimate of drug-likeness (QED) is 0.822. The molecule has 2 nitrogen and oxygen atoms in total. The first-order chi connectivity index (χ1) is 7.04. The third-order valence-corrected chi connectivity index (χ3v) is 2.66. The molecule has 15 heavy (non-hydrogen) atoms. The summed E-state index contributed by atoms with van der Waals surface area (Å²) in [6.07, 6.45) is 3.61. The molecular formula is C13H18O2. The van der Waals surface area contributed by atoms with Gasteiger partial charge in [-0.15, -0.1) is 0 Å². The maximum absolute atomic E-state index is 9.55. The van der Waals surface area contributed by atoms with Gasteiger partial charge in [0.25, 0.3) is 0 Å². The van der Waals surface area contributed by atoms with Gasteiger partial charge in [-0.25, -0.2) is 0 Å². The second-order valence-electron chi connectivity index (χ2n) is 4.89. The van der Waals surface area contributed by atoms with Gasteiger partial charge in [0.1, 0.15) is 12.4 Å². The van der Waals surface area contributed by atoms with Gasteiger partial charge in [0.05, 0.1) is 5.60 Å². The molecule has 0 fully saturated rings. The number of benzene rings is 1. The van der Waals surface area contributed by atoms with Crippen LogP contribution >= 0.6 is 0 Å². The van der Waals surface area contributed by atoms with Gasteiger partial charge in [0.2, 0.25) is 0 Å². The summed E-state index contributed by atoms with van der Waals surface area (Å²) in [4.78, 5) is 0. The molecule has 0 saturated carbocycles. The standard InChI is InChI=1S/C13H18O2/c1-13(2,14)9-15-12-7-6-10-4-3-5-11(10)8-12/h6-8,14H,3-5,9H2,1-2H3. The lowest BCUT2D eigenvalue weighted by Crippen LogP contribution is -2.27. The van der Waals surface area contributed by atoms with E-state index in [1.165, 1.54) is 24.0 Å². The zero-order valence-corrected chi connectivity index (χ0v) is 9.42. The molecule has 0 atom stereocenters. The van der Waals surface area contributed by atoms with Crippen molar-refractivity contribution in [2.45, 2.75) is 38.7 Å². The first-order valence-corrected chi connectivity index (χ1v) is 5.52. The van der Waals surface area contributed by atoms with Crippen LogP contribution in [0.15, 0.2) is 18.2 Å². The molecule has 1 aromatic carbocycles. The summed E-state index contributed by atoms with van der Waals surface area (Å²) in [5.74, 6) is 0.873. The fraction of sp³-hybridized carbons (Fsp3) is 0.538. The van der Waals surface area contributed by atoms with E-state index < -0.39 is 5.60 Å². The monoisotopic (exact) mass is 206 g/mol. The smallest absolute Gasteiger partial charge is 0.119 e. The third-order valence-electron chi connectivity index (χ3n) is 2.66. The van der Waals surface area contributed by atoms with E-state index in [0.29, 0.717) is 6.61 Å². The summed E-state index contributed by atoms with van der Waals surface area (Å²) in [5, 5.41) is 9.55. The van der Waals surface area contributed by atoms with E-state index in [-0.39, 0.29) is 0 Å². The zero-order chi connectivity index (χ0) is 10.9. The minimum absolute atomic E-state index is 0.339. The molecule has 1 N–H and O–H groups in total. The van der Waals surface area contributed by atoms with Gasteiger partial charge in [-0.05, 0) is 56.4 Å². The van der Waals surface area contributed by atoms with Crippen molar-refractivity contribution in [3.63, 3.8) is 0 Å². The highest BCUT2D eigenvalue weighted by atomic mass is 16.5. The summed E-state index contributed by atoms with van der Waals surface area (Å²) >= 11 is 0. The topological polar surface area (TPSA) is 29.5 Å². The summed E-state index contributed by atoms with van der Waals surface area (Å²) < 4.78 is 5.55. The molecule has 0 heterocycles. The predicted molar refractivity (Wildman–Crippen MR) is 60.3 cm³/mol. The molecule has 0 aromatic heterocycles. The van der Waals surface area contributed by atoms with Crippen molar-refractivity contribution in [3.05, 3.63) is 29.3 Å². The molecule has 2 rings (SSSR count). The normalized spacial score (nSPS) is 15.1. The van der Waals surface area contributed by atoms with Gasteiger partial charge in [0, 0.05) is 0 Å². The summed E-state index contributed by atoms with van der Waals surface area (Å²) in [5.41, 5.74) is 2.09. The fourth-order valence-electron chi connectivity index (χ4n) is 1.90. The summed E-state index contributed by atoms with van der Waals surface area (Å²) in [6.45, 7) is 3.84. The van der Waals surface area contributed by atoms with Crippen LogP contribution in [0.25, 0.3) is 0 Å². The Bertz CT molecular complexity index is 350. The average molecular weight is 206 g/mol. The van der Waals surface area contributed by atoms with Crippen LogP contribution in [-0.4, -0.2) is 17.3 Å². The maximum Gasteiger partial charge on any atom is 0.119 e. The van der Waals surface area contributed by atoms with Crippen LogP contribution < -0.4 is 4.74 Å². The lowest BCUT2D eigenvalue weighted by atomic mass is 10.1. The van der Waals surface area contributed by atoms with Gasteiger partial charge in [-0.1, -0.05) is 6.07 Å². The molecule has 0 radical (unpaired) electrons. The van der Waals surface area contributed by atoms with E-state index in [0.717, 1.165) is 12.2 Å². The number of rotatable bonds is 3. The highest BCUT2D eigenvalue weighted by Gasteiger charge is 2.15. The lowest BCUT2D eigenvalue weighted by molar-refractivity contribution is 0.0284. The van der Waals surface area contributed by atoms with E-state index in [4.69, 9.17) is 4.74 Å². The van der Waals surface area contributed by atoms with Gasteiger partial charge in [0.15, 0.2) is 0 Å². The van der Waals surface area contributed by atoms with Crippen molar-refractivity contribution in [2.24, 2.45) is 0 Å². The molecule has 0 aliphatic heterocycles. The van der Waals surface area contributed by atoms with Gasteiger partial charge in [-0.2, -0.15) is 0 Å². The van der Waals surface area contributed by atoms with Crippen LogP contribution in [0.4, 0.5) is 0 Å². The summed E-state index contributed by atoms with van der Waals surface area (Å²) in [7, 11) is 0. The number of aryl methyl sites for hydroxylation is 2. The molecule has 1 aromatic rings. The van der Waals surface area contributed by atoms with Crippen molar-refractivity contribution >= 4 is 0 Å². The lowest BCUT2D eigenvalue weighted by Gasteiger charge is -2.18. The van der Waals surface area contributed by atoms with E-state index in [1.807, 2.05) is 6.07 Å². The van der Waals surface area contributed by atoms with Crippen LogP contribution in [0.5, 0.6) is 5.75 Å². The molecule has 0 unspecified atom stereocenters. The van der Waals surface area contributed by atoms with Gasteiger partial charge >= 0.3 is 0 Å². The first-order valence-electron chi connectivity index (χ1n) is 5.52. The number of hydrogen-bond donors (Lipinski definition) is 1. The third kappa shape index (κ3) is 2.72. The molecule has 0 spiro atoms. The Balaban J connectivity index is 2.04. The Morgan fingerprint density at radius 2 is 2.00 bits per heavy atom. The SMILES string of the molecule is CC(C)(O)COc1ccc2c(c1)CCC2. The molecular weight excluding hydrogens is 188 g/mol. The first kappa shape index (κ1) is 10.5. The minimum Gasteiger partial charge on any atom is -0.491 e. The van der Waals surface area contributed by atoms with E-state index in [9.17, 15) is 5.11 Å². The van der Waals surface area contributed by atoms with Crippen LogP contribution in [-0.2, 0) is 12.8 Å². The minimum atomic E-state index is -0.765. The Kier molecular flexibility index (Phi) is 2.70.